The van der Waals surface area contributed by atoms with Crippen LogP contribution in [0.2, 0.25) is 0 Å². The summed E-state index contributed by atoms with van der Waals surface area (Å²) in [5.41, 5.74) is 1.12. The third-order valence-corrected chi connectivity index (χ3v) is 5.34. The molecule has 1 saturated heterocycles. The molecule has 0 bridgehead atoms. The Morgan fingerprint density at radius 1 is 1.13 bits per heavy atom. The minimum Gasteiger partial charge on any atom is -0.378 e. The van der Waals surface area contributed by atoms with Gasteiger partial charge in [0.15, 0.2) is 5.82 Å². The van der Waals surface area contributed by atoms with Gasteiger partial charge in [-0.1, -0.05) is 23.4 Å². The van der Waals surface area contributed by atoms with E-state index in [1.54, 1.807) is 0 Å². The molecule has 0 aliphatic carbocycles. The van der Waals surface area contributed by atoms with E-state index >= 15 is 0 Å². The second kappa shape index (κ2) is 8.05. The van der Waals surface area contributed by atoms with Crippen LogP contribution in [0, 0.1) is 0 Å². The maximum atomic E-state index is 13.3. The monoisotopic (exact) mass is 430 g/mol. The minimum absolute atomic E-state index is 0.0683. The van der Waals surface area contributed by atoms with Crippen LogP contribution < -0.4 is 4.90 Å². The SMILES string of the molecule is CN(C)c1ccc(-c2nc(C3CC(=O)N(Cc4ccccc4C(F)(F)F)C3)no2)cc1. The standard InChI is InChI=1S/C22H21F3N4O2/c1-28(2)17-9-7-14(8-10-17)21-26-20(27-31-21)16-11-19(30)29(13-16)12-15-5-3-4-6-18(15)22(23,24)25/h3-10,16H,11-13H2,1-2H3. The molecular weight excluding hydrogens is 409 g/mol. The van der Waals surface area contributed by atoms with Crippen molar-refractivity contribution >= 4 is 11.6 Å². The average Bonchev–Trinajstić information content (AvgIpc) is 3.35. The van der Waals surface area contributed by atoms with Gasteiger partial charge < -0.3 is 14.3 Å². The molecule has 1 aliphatic rings. The Kier molecular flexibility index (Phi) is 5.43. The number of amides is 1. The van der Waals surface area contributed by atoms with E-state index in [4.69, 9.17) is 4.52 Å². The Bertz CT molecular complexity index is 1080. The van der Waals surface area contributed by atoms with Gasteiger partial charge in [-0.2, -0.15) is 18.2 Å². The zero-order valence-electron chi connectivity index (χ0n) is 17.1. The van der Waals surface area contributed by atoms with E-state index in [1.807, 2.05) is 43.3 Å². The van der Waals surface area contributed by atoms with E-state index in [2.05, 4.69) is 10.1 Å². The number of anilines is 1. The third-order valence-electron chi connectivity index (χ3n) is 5.34. The van der Waals surface area contributed by atoms with Crippen LogP contribution in [0.15, 0.2) is 53.1 Å². The van der Waals surface area contributed by atoms with E-state index in [-0.39, 0.29) is 36.9 Å². The van der Waals surface area contributed by atoms with Gasteiger partial charge in [0.2, 0.25) is 5.91 Å². The number of nitrogens with zero attached hydrogens (tertiary/aromatic N) is 4. The molecule has 6 nitrogen and oxygen atoms in total. The molecule has 1 atom stereocenters. The lowest BCUT2D eigenvalue weighted by Crippen LogP contribution is -2.26. The number of benzene rings is 2. The second-order valence-corrected chi connectivity index (χ2v) is 7.73. The number of carbonyl (C=O) groups is 1. The molecule has 0 N–H and O–H groups in total. The van der Waals surface area contributed by atoms with Crippen LogP contribution in [0.5, 0.6) is 0 Å². The lowest BCUT2D eigenvalue weighted by atomic mass is 10.1. The second-order valence-electron chi connectivity index (χ2n) is 7.73. The van der Waals surface area contributed by atoms with Crippen molar-refractivity contribution in [2.24, 2.45) is 0 Å². The van der Waals surface area contributed by atoms with E-state index in [9.17, 15) is 18.0 Å². The largest absolute Gasteiger partial charge is 0.416 e. The molecular formula is C22H21F3N4O2. The van der Waals surface area contributed by atoms with Crippen LogP contribution in [0.4, 0.5) is 18.9 Å². The first-order valence-corrected chi connectivity index (χ1v) is 9.76. The molecule has 162 valence electrons. The first kappa shape index (κ1) is 20.9. The Hall–Kier alpha value is -3.36. The molecule has 4 rings (SSSR count). The van der Waals surface area contributed by atoms with Crippen LogP contribution in [-0.4, -0.2) is 41.6 Å². The molecule has 1 unspecified atom stereocenters. The van der Waals surface area contributed by atoms with Crippen molar-refractivity contribution in [3.63, 3.8) is 0 Å². The van der Waals surface area contributed by atoms with Crippen molar-refractivity contribution in [3.8, 4) is 11.5 Å². The van der Waals surface area contributed by atoms with Crippen molar-refractivity contribution < 1.29 is 22.5 Å². The number of likely N-dealkylation sites (tertiary alicyclic amines) is 1. The fourth-order valence-corrected chi connectivity index (χ4v) is 3.66. The number of alkyl halides is 3. The lowest BCUT2D eigenvalue weighted by molar-refractivity contribution is -0.139. The predicted molar refractivity (Wildman–Crippen MR) is 108 cm³/mol. The number of aromatic nitrogens is 2. The molecule has 0 saturated carbocycles. The summed E-state index contributed by atoms with van der Waals surface area (Å²) in [5, 5.41) is 4.01. The average molecular weight is 430 g/mol. The van der Waals surface area contributed by atoms with Crippen LogP contribution >= 0.6 is 0 Å². The normalized spacial score (nSPS) is 16.7. The highest BCUT2D eigenvalue weighted by Gasteiger charge is 2.37. The third kappa shape index (κ3) is 4.40. The Morgan fingerprint density at radius 2 is 1.84 bits per heavy atom. The van der Waals surface area contributed by atoms with Crippen molar-refractivity contribution in [1.82, 2.24) is 15.0 Å². The van der Waals surface area contributed by atoms with Crippen LogP contribution in [0.3, 0.4) is 0 Å². The van der Waals surface area contributed by atoms with Gasteiger partial charge in [-0.05, 0) is 35.9 Å². The van der Waals surface area contributed by atoms with Crippen LogP contribution in [0.25, 0.3) is 11.5 Å². The number of rotatable bonds is 5. The Morgan fingerprint density at radius 3 is 2.52 bits per heavy atom. The Labute approximate surface area is 177 Å². The van der Waals surface area contributed by atoms with Gasteiger partial charge in [0.1, 0.15) is 0 Å². The van der Waals surface area contributed by atoms with Crippen LogP contribution in [-0.2, 0) is 17.5 Å². The molecule has 3 aromatic rings. The van der Waals surface area contributed by atoms with Crippen molar-refractivity contribution in [1.29, 1.82) is 0 Å². The number of carbonyl (C=O) groups excluding carboxylic acids is 1. The number of hydrogen-bond acceptors (Lipinski definition) is 5. The lowest BCUT2D eigenvalue weighted by Gasteiger charge is -2.19. The topological polar surface area (TPSA) is 62.5 Å². The van der Waals surface area contributed by atoms with Crippen molar-refractivity contribution in [2.45, 2.75) is 25.1 Å². The summed E-state index contributed by atoms with van der Waals surface area (Å²) in [7, 11) is 3.88. The summed E-state index contributed by atoms with van der Waals surface area (Å²) in [4.78, 5) is 20.3. The summed E-state index contributed by atoms with van der Waals surface area (Å²) in [5.74, 6) is 0.160. The van der Waals surface area contributed by atoms with Gasteiger partial charge in [-0.15, -0.1) is 0 Å². The van der Waals surface area contributed by atoms with Crippen molar-refractivity contribution in [2.75, 3.05) is 25.5 Å². The van der Waals surface area contributed by atoms with E-state index in [1.165, 1.54) is 23.1 Å². The molecule has 2 heterocycles. The fourth-order valence-electron chi connectivity index (χ4n) is 3.66. The molecule has 31 heavy (non-hydrogen) atoms. The maximum absolute atomic E-state index is 13.3. The molecule has 1 aliphatic heterocycles. The zero-order valence-corrected chi connectivity index (χ0v) is 17.1. The van der Waals surface area contributed by atoms with Gasteiger partial charge in [-0.25, -0.2) is 0 Å². The molecule has 9 heteroatoms. The first-order chi connectivity index (χ1) is 14.7. The first-order valence-electron chi connectivity index (χ1n) is 9.76. The summed E-state index contributed by atoms with van der Waals surface area (Å²) < 4.78 is 45.1. The van der Waals surface area contributed by atoms with Gasteiger partial charge in [0.05, 0.1) is 5.56 Å². The summed E-state index contributed by atoms with van der Waals surface area (Å²) >= 11 is 0. The van der Waals surface area contributed by atoms with Gasteiger partial charge in [0.25, 0.3) is 5.89 Å². The van der Waals surface area contributed by atoms with Gasteiger partial charge >= 0.3 is 6.18 Å². The summed E-state index contributed by atoms with van der Waals surface area (Å²) in [6.45, 7) is 0.130. The highest BCUT2D eigenvalue weighted by Crippen LogP contribution is 2.34. The number of halogens is 3. The molecule has 2 aromatic carbocycles. The van der Waals surface area contributed by atoms with Crippen LogP contribution in [0.1, 0.15) is 29.3 Å². The van der Waals surface area contributed by atoms with E-state index in [0.717, 1.165) is 17.3 Å². The highest BCUT2D eigenvalue weighted by atomic mass is 19.4. The highest BCUT2D eigenvalue weighted by molar-refractivity contribution is 5.79. The molecule has 1 amide bonds. The van der Waals surface area contributed by atoms with Gasteiger partial charge in [-0.3, -0.25) is 4.79 Å². The summed E-state index contributed by atoms with van der Waals surface area (Å²) in [6.07, 6.45) is -4.34. The zero-order chi connectivity index (χ0) is 22.2. The molecule has 0 spiro atoms. The van der Waals surface area contributed by atoms with Gasteiger partial charge in [0, 0.05) is 50.8 Å². The fraction of sp³-hybridized carbons (Fsp3) is 0.318. The molecule has 1 fully saturated rings. The van der Waals surface area contributed by atoms with E-state index in [0.29, 0.717) is 11.7 Å². The quantitative estimate of drug-likeness (QED) is 0.603. The summed E-state index contributed by atoms with van der Waals surface area (Å²) in [6, 6.07) is 12.9. The van der Waals surface area contributed by atoms with E-state index < -0.39 is 11.7 Å². The van der Waals surface area contributed by atoms with Crippen molar-refractivity contribution in [3.05, 3.63) is 65.5 Å². The minimum atomic E-state index is -4.47. The Balaban J connectivity index is 1.48. The molecule has 0 radical (unpaired) electrons. The smallest absolute Gasteiger partial charge is 0.378 e. The maximum Gasteiger partial charge on any atom is 0.416 e. The molecule has 1 aromatic heterocycles. The predicted octanol–water partition coefficient (Wildman–Crippen LogP) is 4.34. The number of hydrogen-bond donors (Lipinski definition) is 0.